The van der Waals surface area contributed by atoms with Gasteiger partial charge in [0.05, 0.1) is 5.92 Å². The Morgan fingerprint density at radius 3 is 2.80 bits per heavy atom. The van der Waals surface area contributed by atoms with E-state index in [1.54, 1.807) is 4.90 Å². The van der Waals surface area contributed by atoms with Gasteiger partial charge in [0.2, 0.25) is 11.8 Å². The Hall–Kier alpha value is -0.770. The van der Waals surface area contributed by atoms with Crippen molar-refractivity contribution in [3.8, 4) is 0 Å². The van der Waals surface area contributed by atoms with E-state index in [4.69, 9.17) is 17.3 Å². The number of likely N-dealkylation sites (tertiary alicyclic amines) is 1. The van der Waals surface area contributed by atoms with Crippen molar-refractivity contribution in [2.75, 3.05) is 19.0 Å². The summed E-state index contributed by atoms with van der Waals surface area (Å²) in [5.74, 6) is 0.115. The molecule has 1 aliphatic heterocycles. The predicted octanol–water partition coefficient (Wildman–Crippen LogP) is 0.729. The second-order valence-electron chi connectivity index (χ2n) is 3.87. The number of hydrogen-bond donors (Lipinski definition) is 1. The zero-order valence-electron chi connectivity index (χ0n) is 8.75. The molecule has 0 aromatic rings. The highest BCUT2D eigenvalue weighted by Crippen LogP contribution is 2.17. The third-order valence-electron chi connectivity index (χ3n) is 2.70. The fourth-order valence-corrected chi connectivity index (χ4v) is 1.95. The molecule has 1 aliphatic rings. The van der Waals surface area contributed by atoms with Crippen LogP contribution in [-0.2, 0) is 9.59 Å². The summed E-state index contributed by atoms with van der Waals surface area (Å²) in [5, 5.41) is 0. The minimum Gasteiger partial charge on any atom is -0.369 e. The van der Waals surface area contributed by atoms with Gasteiger partial charge in [-0.3, -0.25) is 9.59 Å². The van der Waals surface area contributed by atoms with E-state index in [0.29, 0.717) is 25.3 Å². The maximum atomic E-state index is 11.6. The number of carbonyl (C=O) groups is 2. The molecule has 0 aromatic carbocycles. The summed E-state index contributed by atoms with van der Waals surface area (Å²) in [4.78, 5) is 24.4. The first-order chi connectivity index (χ1) is 7.15. The highest BCUT2D eigenvalue weighted by atomic mass is 35.5. The molecule has 1 heterocycles. The van der Waals surface area contributed by atoms with E-state index >= 15 is 0 Å². The monoisotopic (exact) mass is 232 g/mol. The molecule has 1 rings (SSSR count). The molecule has 0 aromatic heterocycles. The molecular formula is C10H17ClN2O2. The van der Waals surface area contributed by atoms with Crippen LogP contribution < -0.4 is 5.73 Å². The van der Waals surface area contributed by atoms with Crippen LogP contribution in [0.4, 0.5) is 0 Å². The smallest absolute Gasteiger partial charge is 0.222 e. The third kappa shape index (κ3) is 3.70. The van der Waals surface area contributed by atoms with Crippen molar-refractivity contribution in [1.82, 2.24) is 4.90 Å². The Kier molecular flexibility index (Phi) is 4.88. The minimum atomic E-state index is -0.301. The number of alkyl halides is 1. The molecule has 1 saturated heterocycles. The normalized spacial score (nSPS) is 21.4. The Labute approximate surface area is 94.7 Å². The number of hydrogen-bond acceptors (Lipinski definition) is 2. The van der Waals surface area contributed by atoms with E-state index in [-0.39, 0.29) is 17.7 Å². The Morgan fingerprint density at radius 1 is 1.47 bits per heavy atom. The van der Waals surface area contributed by atoms with Crippen LogP contribution in [0.2, 0.25) is 0 Å². The topological polar surface area (TPSA) is 63.4 Å². The number of rotatable bonds is 4. The summed E-state index contributed by atoms with van der Waals surface area (Å²) in [7, 11) is 0. The number of nitrogens with two attached hydrogens (primary N) is 1. The van der Waals surface area contributed by atoms with Crippen molar-refractivity contribution in [2.45, 2.75) is 25.7 Å². The van der Waals surface area contributed by atoms with E-state index in [2.05, 4.69) is 0 Å². The van der Waals surface area contributed by atoms with Crippen LogP contribution in [0.3, 0.4) is 0 Å². The van der Waals surface area contributed by atoms with Crippen molar-refractivity contribution in [3.05, 3.63) is 0 Å². The van der Waals surface area contributed by atoms with Gasteiger partial charge < -0.3 is 10.6 Å². The molecule has 0 bridgehead atoms. The molecule has 2 N–H and O–H groups in total. The summed E-state index contributed by atoms with van der Waals surface area (Å²) >= 11 is 5.52. The minimum absolute atomic E-state index is 0.0848. The lowest BCUT2D eigenvalue weighted by Crippen LogP contribution is -2.44. The Morgan fingerprint density at radius 2 is 2.20 bits per heavy atom. The van der Waals surface area contributed by atoms with Gasteiger partial charge >= 0.3 is 0 Å². The highest BCUT2D eigenvalue weighted by Gasteiger charge is 2.26. The molecule has 0 spiro atoms. The van der Waals surface area contributed by atoms with Crippen LogP contribution in [0.15, 0.2) is 0 Å². The molecule has 2 amide bonds. The number of piperidine rings is 1. The van der Waals surface area contributed by atoms with Crippen molar-refractivity contribution in [3.63, 3.8) is 0 Å². The van der Waals surface area contributed by atoms with E-state index in [9.17, 15) is 9.59 Å². The molecular weight excluding hydrogens is 216 g/mol. The highest BCUT2D eigenvalue weighted by molar-refractivity contribution is 6.17. The standard InChI is InChI=1S/C10H17ClN2O2/c11-5-1-4-9(14)13-6-2-3-8(7-13)10(12)15/h8H,1-7H2,(H2,12,15). The van der Waals surface area contributed by atoms with Crippen molar-refractivity contribution in [2.24, 2.45) is 11.7 Å². The van der Waals surface area contributed by atoms with Gasteiger partial charge in [-0.25, -0.2) is 0 Å². The maximum Gasteiger partial charge on any atom is 0.222 e. The maximum absolute atomic E-state index is 11.6. The van der Waals surface area contributed by atoms with Gasteiger partial charge in [0, 0.05) is 25.4 Å². The molecule has 1 fully saturated rings. The van der Waals surface area contributed by atoms with Crippen LogP contribution in [0.5, 0.6) is 0 Å². The van der Waals surface area contributed by atoms with Crippen molar-refractivity contribution >= 4 is 23.4 Å². The first-order valence-corrected chi connectivity index (χ1v) is 5.81. The summed E-state index contributed by atoms with van der Waals surface area (Å²) in [6.07, 6.45) is 2.82. The molecule has 15 heavy (non-hydrogen) atoms. The van der Waals surface area contributed by atoms with Crippen LogP contribution in [0.25, 0.3) is 0 Å². The number of halogens is 1. The van der Waals surface area contributed by atoms with E-state index < -0.39 is 0 Å². The number of carbonyl (C=O) groups excluding carboxylic acids is 2. The molecule has 0 saturated carbocycles. The zero-order valence-corrected chi connectivity index (χ0v) is 9.50. The second-order valence-corrected chi connectivity index (χ2v) is 4.25. The molecule has 5 heteroatoms. The molecule has 4 nitrogen and oxygen atoms in total. The van der Waals surface area contributed by atoms with Gasteiger partial charge in [0.1, 0.15) is 0 Å². The summed E-state index contributed by atoms with van der Waals surface area (Å²) in [6.45, 7) is 1.22. The Bertz CT molecular complexity index is 246. The predicted molar refractivity (Wildman–Crippen MR) is 58.5 cm³/mol. The number of primary amides is 1. The summed E-state index contributed by atoms with van der Waals surface area (Å²) in [6, 6.07) is 0. The quantitative estimate of drug-likeness (QED) is 0.727. The van der Waals surface area contributed by atoms with E-state index in [1.165, 1.54) is 0 Å². The van der Waals surface area contributed by atoms with Gasteiger partial charge in [-0.05, 0) is 19.3 Å². The summed E-state index contributed by atoms with van der Waals surface area (Å²) in [5.41, 5.74) is 5.23. The zero-order chi connectivity index (χ0) is 11.3. The molecule has 0 radical (unpaired) electrons. The lowest BCUT2D eigenvalue weighted by atomic mass is 9.97. The van der Waals surface area contributed by atoms with Gasteiger partial charge in [-0.1, -0.05) is 0 Å². The molecule has 0 aliphatic carbocycles. The lowest BCUT2D eigenvalue weighted by Gasteiger charge is -2.31. The van der Waals surface area contributed by atoms with Crippen LogP contribution in [0, 0.1) is 5.92 Å². The summed E-state index contributed by atoms with van der Waals surface area (Å²) < 4.78 is 0. The van der Waals surface area contributed by atoms with Gasteiger partial charge in [0.15, 0.2) is 0 Å². The molecule has 1 atom stereocenters. The third-order valence-corrected chi connectivity index (χ3v) is 2.97. The van der Waals surface area contributed by atoms with Gasteiger partial charge in [-0.2, -0.15) is 0 Å². The van der Waals surface area contributed by atoms with Crippen LogP contribution in [-0.4, -0.2) is 35.7 Å². The molecule has 1 unspecified atom stereocenters. The SMILES string of the molecule is NC(=O)C1CCCN(C(=O)CCCCl)C1. The van der Waals surface area contributed by atoms with Gasteiger partial charge in [-0.15, -0.1) is 11.6 Å². The van der Waals surface area contributed by atoms with Crippen molar-refractivity contribution in [1.29, 1.82) is 0 Å². The average molecular weight is 233 g/mol. The van der Waals surface area contributed by atoms with Crippen LogP contribution >= 0.6 is 11.6 Å². The second kappa shape index (κ2) is 5.95. The van der Waals surface area contributed by atoms with Crippen molar-refractivity contribution < 1.29 is 9.59 Å². The number of nitrogens with zero attached hydrogens (tertiary/aromatic N) is 1. The molecule has 86 valence electrons. The number of amides is 2. The first kappa shape index (κ1) is 12.3. The first-order valence-electron chi connectivity index (χ1n) is 5.28. The average Bonchev–Trinajstić information content (AvgIpc) is 2.26. The lowest BCUT2D eigenvalue weighted by molar-refractivity contribution is -0.134. The van der Waals surface area contributed by atoms with E-state index in [1.807, 2.05) is 0 Å². The van der Waals surface area contributed by atoms with Gasteiger partial charge in [0.25, 0.3) is 0 Å². The largest absolute Gasteiger partial charge is 0.369 e. The fourth-order valence-electron chi connectivity index (χ4n) is 1.81. The fraction of sp³-hybridized carbons (Fsp3) is 0.800. The van der Waals surface area contributed by atoms with E-state index in [0.717, 1.165) is 19.4 Å². The van der Waals surface area contributed by atoms with Crippen LogP contribution in [0.1, 0.15) is 25.7 Å². The Balaban J connectivity index is 2.41.